The topological polar surface area (TPSA) is 78.6 Å². The molecular weight excluding hydrogens is 206 g/mol. The van der Waals surface area contributed by atoms with E-state index in [1.807, 2.05) is 0 Å². The molecule has 0 atom stereocenters. The Morgan fingerprint density at radius 1 is 1.38 bits per heavy atom. The molecule has 1 aliphatic carbocycles. The molecule has 0 unspecified atom stereocenters. The number of carbonyl (C=O) groups excluding carboxylic acids is 1. The number of nitrogens with one attached hydrogen (secondary N) is 1. The summed E-state index contributed by atoms with van der Waals surface area (Å²) < 4.78 is 0. The number of amides is 1. The second-order valence-electron chi connectivity index (χ2n) is 4.37. The van der Waals surface area contributed by atoms with Crippen molar-refractivity contribution in [3.05, 3.63) is 0 Å². The number of hydrogen-bond acceptors (Lipinski definition) is 4. The summed E-state index contributed by atoms with van der Waals surface area (Å²) in [6.45, 7) is 2.11. The number of hydrazine groups is 1. The van der Waals surface area contributed by atoms with Crippen LogP contribution >= 0.6 is 0 Å². The second kappa shape index (κ2) is 7.60. The standard InChI is InChI=1S/C11H23N3O2/c12-13-11(16)6-2-7-14(8-3-9-15)10-4-1-5-10/h10,15H,1-9,12H2,(H,13,16). The number of rotatable bonds is 8. The van der Waals surface area contributed by atoms with Gasteiger partial charge in [0, 0.05) is 25.6 Å². The van der Waals surface area contributed by atoms with Gasteiger partial charge in [0.2, 0.25) is 5.91 Å². The first kappa shape index (κ1) is 13.4. The fourth-order valence-electron chi connectivity index (χ4n) is 2.02. The molecule has 0 radical (unpaired) electrons. The minimum absolute atomic E-state index is 0.101. The van der Waals surface area contributed by atoms with Crippen LogP contribution in [0.15, 0.2) is 0 Å². The van der Waals surface area contributed by atoms with E-state index >= 15 is 0 Å². The van der Waals surface area contributed by atoms with Gasteiger partial charge in [-0.25, -0.2) is 5.84 Å². The van der Waals surface area contributed by atoms with E-state index in [1.165, 1.54) is 19.3 Å². The molecule has 0 bridgehead atoms. The highest BCUT2D eigenvalue weighted by atomic mass is 16.3. The van der Waals surface area contributed by atoms with Gasteiger partial charge in [-0.2, -0.15) is 0 Å². The summed E-state index contributed by atoms with van der Waals surface area (Å²) in [6.07, 6.45) is 5.97. The van der Waals surface area contributed by atoms with Crippen molar-refractivity contribution < 1.29 is 9.90 Å². The Hall–Kier alpha value is -0.650. The van der Waals surface area contributed by atoms with Gasteiger partial charge in [-0.1, -0.05) is 6.42 Å². The molecule has 0 aromatic carbocycles. The lowest BCUT2D eigenvalue weighted by Crippen LogP contribution is -2.42. The average Bonchev–Trinajstić information content (AvgIpc) is 2.22. The summed E-state index contributed by atoms with van der Waals surface area (Å²) in [7, 11) is 0. The maximum Gasteiger partial charge on any atom is 0.233 e. The van der Waals surface area contributed by atoms with Gasteiger partial charge < -0.3 is 10.0 Å². The molecule has 4 N–H and O–H groups in total. The first-order chi connectivity index (χ1) is 7.77. The number of aliphatic hydroxyl groups is 1. The molecule has 1 rings (SSSR count). The molecule has 1 fully saturated rings. The highest BCUT2D eigenvalue weighted by Gasteiger charge is 2.23. The van der Waals surface area contributed by atoms with Gasteiger partial charge in [-0.3, -0.25) is 10.2 Å². The van der Waals surface area contributed by atoms with E-state index in [1.54, 1.807) is 0 Å². The fourth-order valence-corrected chi connectivity index (χ4v) is 2.02. The maximum atomic E-state index is 11.0. The van der Waals surface area contributed by atoms with Crippen LogP contribution in [0.25, 0.3) is 0 Å². The zero-order valence-corrected chi connectivity index (χ0v) is 9.82. The van der Waals surface area contributed by atoms with Crippen LogP contribution in [-0.4, -0.2) is 41.7 Å². The highest BCUT2D eigenvalue weighted by molar-refractivity contribution is 5.75. The Bertz CT molecular complexity index is 207. The van der Waals surface area contributed by atoms with Crippen molar-refractivity contribution >= 4 is 5.91 Å². The highest BCUT2D eigenvalue weighted by Crippen LogP contribution is 2.25. The predicted molar refractivity (Wildman–Crippen MR) is 62.5 cm³/mol. The number of aliphatic hydroxyl groups excluding tert-OH is 1. The third-order valence-electron chi connectivity index (χ3n) is 3.20. The van der Waals surface area contributed by atoms with Gasteiger partial charge in [-0.15, -0.1) is 0 Å². The molecule has 5 nitrogen and oxygen atoms in total. The van der Waals surface area contributed by atoms with E-state index in [0.29, 0.717) is 12.5 Å². The Kier molecular flexibility index (Phi) is 6.37. The summed E-state index contributed by atoms with van der Waals surface area (Å²) in [4.78, 5) is 13.4. The quantitative estimate of drug-likeness (QED) is 0.311. The summed E-state index contributed by atoms with van der Waals surface area (Å²) in [5, 5.41) is 8.83. The van der Waals surface area contributed by atoms with Crippen molar-refractivity contribution in [1.82, 2.24) is 10.3 Å². The van der Waals surface area contributed by atoms with Crippen LogP contribution in [0.2, 0.25) is 0 Å². The molecule has 0 saturated heterocycles. The minimum atomic E-state index is -0.101. The first-order valence-corrected chi connectivity index (χ1v) is 6.12. The largest absolute Gasteiger partial charge is 0.396 e. The summed E-state index contributed by atoms with van der Waals surface area (Å²) in [5.74, 6) is 4.92. The molecule has 1 saturated carbocycles. The zero-order valence-electron chi connectivity index (χ0n) is 9.82. The smallest absolute Gasteiger partial charge is 0.233 e. The van der Waals surface area contributed by atoms with Gasteiger partial charge in [0.1, 0.15) is 0 Å². The van der Waals surface area contributed by atoms with Gasteiger partial charge in [0.25, 0.3) is 0 Å². The van der Waals surface area contributed by atoms with Crippen LogP contribution in [0.4, 0.5) is 0 Å². The third kappa shape index (κ3) is 4.47. The van der Waals surface area contributed by atoms with Crippen LogP contribution in [0, 0.1) is 0 Å². The minimum Gasteiger partial charge on any atom is -0.396 e. The summed E-state index contributed by atoms with van der Waals surface area (Å²) >= 11 is 0. The Morgan fingerprint density at radius 2 is 2.06 bits per heavy atom. The Balaban J connectivity index is 2.18. The van der Waals surface area contributed by atoms with Gasteiger partial charge in [0.15, 0.2) is 0 Å². The predicted octanol–water partition coefficient (Wildman–Crippen LogP) is -0.00660. The van der Waals surface area contributed by atoms with Crippen LogP contribution in [-0.2, 0) is 4.79 Å². The monoisotopic (exact) mass is 229 g/mol. The lowest BCUT2D eigenvalue weighted by molar-refractivity contribution is -0.121. The van der Waals surface area contributed by atoms with Crippen molar-refractivity contribution in [1.29, 1.82) is 0 Å². The molecule has 94 valence electrons. The maximum absolute atomic E-state index is 11.0. The lowest BCUT2D eigenvalue weighted by atomic mass is 9.91. The molecule has 0 heterocycles. The van der Waals surface area contributed by atoms with E-state index in [9.17, 15) is 4.79 Å². The molecule has 0 spiro atoms. The van der Waals surface area contributed by atoms with Crippen molar-refractivity contribution in [2.75, 3.05) is 19.7 Å². The van der Waals surface area contributed by atoms with Crippen LogP contribution < -0.4 is 11.3 Å². The SMILES string of the molecule is NNC(=O)CCCN(CCCO)C1CCC1. The molecule has 1 aliphatic rings. The number of nitrogens with zero attached hydrogens (tertiary/aromatic N) is 1. The van der Waals surface area contributed by atoms with Crippen molar-refractivity contribution in [3.8, 4) is 0 Å². The summed E-state index contributed by atoms with van der Waals surface area (Å²) in [5.41, 5.74) is 2.14. The van der Waals surface area contributed by atoms with E-state index in [2.05, 4.69) is 10.3 Å². The molecule has 0 aliphatic heterocycles. The van der Waals surface area contributed by atoms with Gasteiger partial charge in [0.05, 0.1) is 0 Å². The van der Waals surface area contributed by atoms with Crippen molar-refractivity contribution in [2.45, 2.75) is 44.6 Å². The lowest BCUT2D eigenvalue weighted by Gasteiger charge is -2.37. The first-order valence-electron chi connectivity index (χ1n) is 6.12. The fraction of sp³-hybridized carbons (Fsp3) is 0.909. The van der Waals surface area contributed by atoms with E-state index in [0.717, 1.165) is 25.9 Å². The van der Waals surface area contributed by atoms with E-state index in [-0.39, 0.29) is 12.5 Å². The van der Waals surface area contributed by atoms with Gasteiger partial charge >= 0.3 is 0 Å². The molecule has 5 heteroatoms. The zero-order chi connectivity index (χ0) is 11.8. The third-order valence-corrected chi connectivity index (χ3v) is 3.20. The number of carbonyl (C=O) groups is 1. The average molecular weight is 229 g/mol. The Morgan fingerprint density at radius 3 is 2.56 bits per heavy atom. The molecule has 16 heavy (non-hydrogen) atoms. The number of hydrogen-bond donors (Lipinski definition) is 3. The van der Waals surface area contributed by atoms with Crippen molar-refractivity contribution in [2.24, 2.45) is 5.84 Å². The molecule has 0 aromatic rings. The van der Waals surface area contributed by atoms with E-state index < -0.39 is 0 Å². The normalized spacial score (nSPS) is 16.2. The van der Waals surface area contributed by atoms with Crippen molar-refractivity contribution in [3.63, 3.8) is 0 Å². The Labute approximate surface area is 97.0 Å². The molecule has 0 aromatic heterocycles. The summed E-state index contributed by atoms with van der Waals surface area (Å²) in [6, 6.07) is 0.674. The second-order valence-corrected chi connectivity index (χ2v) is 4.37. The van der Waals surface area contributed by atoms with Gasteiger partial charge in [-0.05, 0) is 32.2 Å². The van der Waals surface area contributed by atoms with E-state index in [4.69, 9.17) is 10.9 Å². The van der Waals surface area contributed by atoms with Crippen LogP contribution in [0.5, 0.6) is 0 Å². The van der Waals surface area contributed by atoms with Crippen LogP contribution in [0.1, 0.15) is 38.5 Å². The van der Waals surface area contributed by atoms with Crippen LogP contribution in [0.3, 0.4) is 0 Å². The number of nitrogens with two attached hydrogens (primary N) is 1. The molecule has 1 amide bonds. The molecular formula is C11H23N3O2.